The molecule has 0 radical (unpaired) electrons. The van der Waals surface area contributed by atoms with Gasteiger partial charge in [0.15, 0.2) is 9.84 Å². The van der Waals surface area contributed by atoms with Gasteiger partial charge in [-0.05, 0) is 24.6 Å². The maximum atomic E-state index is 13.1. The molecular formula is C20H21NO5S. The molecule has 2 aromatic carbocycles. The highest BCUT2D eigenvalue weighted by molar-refractivity contribution is 7.92. The van der Waals surface area contributed by atoms with Crippen LogP contribution in [0, 0.1) is 6.92 Å². The van der Waals surface area contributed by atoms with Crippen molar-refractivity contribution in [2.24, 2.45) is 0 Å². The Labute approximate surface area is 158 Å². The van der Waals surface area contributed by atoms with Crippen molar-refractivity contribution in [2.45, 2.75) is 36.1 Å². The van der Waals surface area contributed by atoms with Crippen LogP contribution in [0.4, 0.5) is 0 Å². The Bertz CT molecular complexity index is 938. The fourth-order valence-electron chi connectivity index (χ4n) is 3.12. The number of methoxy groups -OCH3 is 1. The molecule has 3 rings (SSSR count). The fraction of sp³-hybridized carbons (Fsp3) is 0.300. The summed E-state index contributed by atoms with van der Waals surface area (Å²) < 4.78 is 31.3. The van der Waals surface area contributed by atoms with Gasteiger partial charge in [0.05, 0.1) is 11.4 Å². The van der Waals surface area contributed by atoms with Gasteiger partial charge in [0.1, 0.15) is 11.4 Å². The van der Waals surface area contributed by atoms with Crippen molar-refractivity contribution in [3.05, 3.63) is 65.7 Å². The number of ether oxygens (including phenoxy) is 1. The monoisotopic (exact) mass is 387 g/mol. The molecule has 1 saturated heterocycles. The minimum absolute atomic E-state index is 0.0122. The first-order chi connectivity index (χ1) is 12.8. The standard InChI is InChI=1S/C20H21NO5S/c1-14-8-10-16(11-9-14)27(24,25)18-12-17(26-2)19(22)21(20(18)23)13-15-6-4-3-5-7-15/h3-11,17-18H,12-13H2,1-2H3. The lowest BCUT2D eigenvalue weighted by atomic mass is 10.0. The maximum absolute atomic E-state index is 13.1. The number of carbonyl (C=O) groups excluding carboxylic acids is 2. The molecule has 1 aliphatic heterocycles. The van der Waals surface area contributed by atoms with Gasteiger partial charge in [-0.2, -0.15) is 0 Å². The summed E-state index contributed by atoms with van der Waals surface area (Å²) in [7, 11) is -2.60. The van der Waals surface area contributed by atoms with E-state index < -0.39 is 33.0 Å². The van der Waals surface area contributed by atoms with E-state index in [0.29, 0.717) is 0 Å². The summed E-state index contributed by atoms with van der Waals surface area (Å²) in [6.45, 7) is 1.86. The van der Waals surface area contributed by atoms with E-state index in [2.05, 4.69) is 0 Å². The van der Waals surface area contributed by atoms with E-state index >= 15 is 0 Å². The van der Waals surface area contributed by atoms with Crippen molar-refractivity contribution in [3.8, 4) is 0 Å². The van der Waals surface area contributed by atoms with Gasteiger partial charge in [-0.1, -0.05) is 48.0 Å². The zero-order chi connectivity index (χ0) is 19.6. The molecule has 0 saturated carbocycles. The summed E-state index contributed by atoms with van der Waals surface area (Å²) >= 11 is 0. The lowest BCUT2D eigenvalue weighted by Gasteiger charge is -2.34. The van der Waals surface area contributed by atoms with Crippen molar-refractivity contribution in [1.82, 2.24) is 4.90 Å². The summed E-state index contributed by atoms with van der Waals surface area (Å²) in [4.78, 5) is 26.6. The van der Waals surface area contributed by atoms with Crippen LogP contribution in [0.25, 0.3) is 0 Å². The number of sulfone groups is 1. The van der Waals surface area contributed by atoms with E-state index in [1.807, 2.05) is 13.0 Å². The molecule has 0 aliphatic carbocycles. The van der Waals surface area contributed by atoms with E-state index in [1.54, 1.807) is 36.4 Å². The number of likely N-dealkylation sites (tertiary alicyclic amines) is 1. The van der Waals surface area contributed by atoms with E-state index in [-0.39, 0.29) is 17.9 Å². The number of benzene rings is 2. The van der Waals surface area contributed by atoms with E-state index in [4.69, 9.17) is 4.74 Å². The normalized spacial score (nSPS) is 20.7. The largest absolute Gasteiger partial charge is 0.372 e. The van der Waals surface area contributed by atoms with Gasteiger partial charge in [-0.3, -0.25) is 14.5 Å². The van der Waals surface area contributed by atoms with Crippen LogP contribution in [0.5, 0.6) is 0 Å². The first-order valence-corrected chi connectivity index (χ1v) is 10.1. The molecule has 2 amide bonds. The summed E-state index contributed by atoms with van der Waals surface area (Å²) in [5, 5.41) is -1.36. The molecule has 1 heterocycles. The van der Waals surface area contributed by atoms with E-state index in [1.165, 1.54) is 19.2 Å². The highest BCUT2D eigenvalue weighted by atomic mass is 32.2. The molecule has 2 unspecified atom stereocenters. The Morgan fingerprint density at radius 2 is 1.63 bits per heavy atom. The molecule has 2 aromatic rings. The average molecular weight is 387 g/mol. The molecule has 0 bridgehead atoms. The van der Waals surface area contributed by atoms with Crippen LogP contribution < -0.4 is 0 Å². The minimum Gasteiger partial charge on any atom is -0.372 e. The number of imide groups is 1. The second kappa shape index (κ2) is 7.62. The Balaban J connectivity index is 1.96. The highest BCUT2D eigenvalue weighted by Gasteiger charge is 2.47. The molecule has 1 aliphatic rings. The van der Waals surface area contributed by atoms with Crippen molar-refractivity contribution < 1.29 is 22.7 Å². The van der Waals surface area contributed by atoms with Gasteiger partial charge >= 0.3 is 0 Å². The summed E-state index contributed by atoms with van der Waals surface area (Å²) in [6.07, 6.45) is -1.16. The number of hydrogen-bond donors (Lipinski definition) is 0. The van der Waals surface area contributed by atoms with Gasteiger partial charge in [0.2, 0.25) is 5.91 Å². The number of hydrogen-bond acceptors (Lipinski definition) is 5. The van der Waals surface area contributed by atoms with Crippen LogP contribution in [0.15, 0.2) is 59.5 Å². The van der Waals surface area contributed by atoms with Gasteiger partial charge in [0.25, 0.3) is 5.91 Å². The van der Waals surface area contributed by atoms with Crippen LogP contribution in [-0.4, -0.2) is 43.6 Å². The molecular weight excluding hydrogens is 366 g/mol. The van der Waals surface area contributed by atoms with Crippen LogP contribution in [0.1, 0.15) is 17.5 Å². The molecule has 2 atom stereocenters. The third-order valence-corrected chi connectivity index (χ3v) is 6.78. The second-order valence-electron chi connectivity index (χ2n) is 6.55. The SMILES string of the molecule is COC1CC(S(=O)(=O)c2ccc(C)cc2)C(=O)N(Cc2ccccc2)C1=O. The van der Waals surface area contributed by atoms with E-state index in [9.17, 15) is 18.0 Å². The summed E-state index contributed by atoms with van der Waals surface area (Å²) in [5.41, 5.74) is 1.65. The molecule has 0 N–H and O–H groups in total. The third-order valence-electron chi connectivity index (χ3n) is 4.70. The first-order valence-electron chi connectivity index (χ1n) is 8.57. The minimum atomic E-state index is -3.94. The number of nitrogens with zero attached hydrogens (tertiary/aromatic N) is 1. The Morgan fingerprint density at radius 1 is 1.00 bits per heavy atom. The van der Waals surface area contributed by atoms with Crippen LogP contribution in [0.2, 0.25) is 0 Å². The third kappa shape index (κ3) is 3.79. The first kappa shape index (κ1) is 19.3. The fourth-order valence-corrected chi connectivity index (χ4v) is 4.79. The van der Waals surface area contributed by atoms with Crippen molar-refractivity contribution in [1.29, 1.82) is 0 Å². The molecule has 27 heavy (non-hydrogen) atoms. The number of aryl methyl sites for hydroxylation is 1. The zero-order valence-corrected chi connectivity index (χ0v) is 16.0. The molecule has 7 heteroatoms. The van der Waals surface area contributed by atoms with Gasteiger partial charge in [-0.25, -0.2) is 8.42 Å². The molecule has 1 fully saturated rings. The Kier molecular flexibility index (Phi) is 5.43. The van der Waals surface area contributed by atoms with Crippen molar-refractivity contribution in [3.63, 3.8) is 0 Å². The molecule has 142 valence electrons. The summed E-state index contributed by atoms with van der Waals surface area (Å²) in [5.74, 6) is -1.22. The van der Waals surface area contributed by atoms with Gasteiger partial charge < -0.3 is 4.74 Å². The predicted octanol–water partition coefficient (Wildman–Crippen LogP) is 2.11. The second-order valence-corrected chi connectivity index (χ2v) is 8.69. The quantitative estimate of drug-likeness (QED) is 0.734. The molecule has 6 nitrogen and oxygen atoms in total. The number of rotatable bonds is 5. The Hall–Kier alpha value is -2.51. The predicted molar refractivity (Wildman–Crippen MR) is 99.6 cm³/mol. The van der Waals surface area contributed by atoms with Crippen LogP contribution in [-0.2, 0) is 30.7 Å². The van der Waals surface area contributed by atoms with Crippen molar-refractivity contribution >= 4 is 21.7 Å². The molecule has 0 spiro atoms. The van der Waals surface area contributed by atoms with Gasteiger partial charge in [-0.15, -0.1) is 0 Å². The van der Waals surface area contributed by atoms with E-state index in [0.717, 1.165) is 16.0 Å². The summed E-state index contributed by atoms with van der Waals surface area (Å²) in [6, 6.07) is 15.3. The topological polar surface area (TPSA) is 80.8 Å². The smallest absolute Gasteiger partial charge is 0.258 e. The molecule has 0 aromatic heterocycles. The number of amides is 2. The average Bonchev–Trinajstić information content (AvgIpc) is 2.66. The lowest BCUT2D eigenvalue weighted by Crippen LogP contribution is -2.56. The number of carbonyl (C=O) groups is 2. The zero-order valence-electron chi connectivity index (χ0n) is 15.2. The Morgan fingerprint density at radius 3 is 2.22 bits per heavy atom. The number of piperidine rings is 1. The maximum Gasteiger partial charge on any atom is 0.258 e. The van der Waals surface area contributed by atoms with Crippen LogP contribution >= 0.6 is 0 Å². The van der Waals surface area contributed by atoms with Gasteiger partial charge in [0, 0.05) is 13.5 Å². The highest BCUT2D eigenvalue weighted by Crippen LogP contribution is 2.28. The van der Waals surface area contributed by atoms with Crippen molar-refractivity contribution in [2.75, 3.05) is 7.11 Å². The van der Waals surface area contributed by atoms with Crippen LogP contribution in [0.3, 0.4) is 0 Å². The lowest BCUT2D eigenvalue weighted by molar-refractivity contribution is -0.157.